The third-order valence-electron chi connectivity index (χ3n) is 2.25. The average Bonchev–Trinajstić information content (AvgIpc) is 2.29. The van der Waals surface area contributed by atoms with Crippen LogP contribution in [0.4, 0.5) is 0 Å². The van der Waals surface area contributed by atoms with E-state index in [1.54, 1.807) is 6.92 Å². The minimum atomic E-state index is -0.215. The molecule has 0 bridgehead atoms. The number of aliphatic hydroxyl groups excluding tert-OH is 1. The molecule has 3 nitrogen and oxygen atoms in total. The molecule has 3 heteroatoms. The quantitative estimate of drug-likeness (QED) is 0.660. The lowest BCUT2D eigenvalue weighted by atomic mass is 10.3. The molecule has 0 aromatic heterocycles. The zero-order chi connectivity index (χ0) is 11.6. The minimum absolute atomic E-state index is 0.215. The van der Waals surface area contributed by atoms with Gasteiger partial charge in [0.25, 0.3) is 0 Å². The van der Waals surface area contributed by atoms with Crippen molar-refractivity contribution in [3.05, 3.63) is 30.3 Å². The van der Waals surface area contributed by atoms with Gasteiger partial charge in [0.2, 0.25) is 0 Å². The zero-order valence-electron chi connectivity index (χ0n) is 9.86. The fraction of sp³-hybridized carbons (Fsp3) is 0.538. The standard InChI is InChI=1S/C13H21NO2/c1-12(15)8-10-14-9-5-11-16-13-6-3-2-4-7-13/h2-4,6-7,12,14-15H,5,8-11H2,1H3. The third-order valence-corrected chi connectivity index (χ3v) is 2.25. The Labute approximate surface area is 97.4 Å². The predicted octanol–water partition coefficient (Wildman–Crippen LogP) is 1.82. The van der Waals surface area contributed by atoms with Crippen molar-refractivity contribution in [2.75, 3.05) is 19.7 Å². The first kappa shape index (κ1) is 13.0. The van der Waals surface area contributed by atoms with E-state index in [0.717, 1.165) is 38.3 Å². The Hall–Kier alpha value is -1.06. The van der Waals surface area contributed by atoms with E-state index >= 15 is 0 Å². The number of ether oxygens (including phenoxy) is 1. The van der Waals surface area contributed by atoms with Crippen LogP contribution in [0.2, 0.25) is 0 Å². The van der Waals surface area contributed by atoms with Crippen LogP contribution in [0.15, 0.2) is 30.3 Å². The van der Waals surface area contributed by atoms with Crippen LogP contribution in [0, 0.1) is 0 Å². The van der Waals surface area contributed by atoms with Crippen molar-refractivity contribution in [3.63, 3.8) is 0 Å². The van der Waals surface area contributed by atoms with E-state index in [9.17, 15) is 0 Å². The molecule has 0 radical (unpaired) electrons. The molecular weight excluding hydrogens is 202 g/mol. The van der Waals surface area contributed by atoms with E-state index in [1.165, 1.54) is 0 Å². The van der Waals surface area contributed by atoms with Crippen LogP contribution in [0.3, 0.4) is 0 Å². The van der Waals surface area contributed by atoms with Crippen LogP contribution < -0.4 is 10.1 Å². The van der Waals surface area contributed by atoms with Crippen LogP contribution in [0.25, 0.3) is 0 Å². The molecule has 0 spiro atoms. The van der Waals surface area contributed by atoms with E-state index < -0.39 is 0 Å². The van der Waals surface area contributed by atoms with Gasteiger partial charge in [-0.05, 0) is 45.0 Å². The summed E-state index contributed by atoms with van der Waals surface area (Å²) in [4.78, 5) is 0. The number of aliphatic hydroxyl groups is 1. The molecule has 0 aliphatic heterocycles. The largest absolute Gasteiger partial charge is 0.494 e. The van der Waals surface area contributed by atoms with Crippen molar-refractivity contribution in [2.24, 2.45) is 0 Å². The first-order valence-electron chi connectivity index (χ1n) is 5.85. The highest BCUT2D eigenvalue weighted by molar-refractivity contribution is 5.20. The molecule has 0 aliphatic rings. The van der Waals surface area contributed by atoms with E-state index in [2.05, 4.69) is 5.32 Å². The van der Waals surface area contributed by atoms with E-state index in [1.807, 2.05) is 30.3 Å². The van der Waals surface area contributed by atoms with Crippen molar-refractivity contribution in [1.82, 2.24) is 5.32 Å². The van der Waals surface area contributed by atoms with Gasteiger partial charge in [-0.25, -0.2) is 0 Å². The number of hydrogen-bond acceptors (Lipinski definition) is 3. The minimum Gasteiger partial charge on any atom is -0.494 e. The monoisotopic (exact) mass is 223 g/mol. The molecular formula is C13H21NO2. The van der Waals surface area contributed by atoms with Gasteiger partial charge in [0.05, 0.1) is 12.7 Å². The molecule has 1 aromatic rings. The zero-order valence-corrected chi connectivity index (χ0v) is 9.86. The Bertz CT molecular complexity index is 262. The van der Waals surface area contributed by atoms with Gasteiger partial charge in [0.15, 0.2) is 0 Å². The van der Waals surface area contributed by atoms with Crippen molar-refractivity contribution in [2.45, 2.75) is 25.9 Å². The van der Waals surface area contributed by atoms with Gasteiger partial charge in [0, 0.05) is 0 Å². The average molecular weight is 223 g/mol. The van der Waals surface area contributed by atoms with Crippen LogP contribution in [0.1, 0.15) is 19.8 Å². The second-order valence-corrected chi connectivity index (χ2v) is 3.90. The molecule has 1 aromatic carbocycles. The topological polar surface area (TPSA) is 41.5 Å². The van der Waals surface area contributed by atoms with Crippen molar-refractivity contribution in [3.8, 4) is 5.75 Å². The molecule has 2 N–H and O–H groups in total. The smallest absolute Gasteiger partial charge is 0.119 e. The number of rotatable bonds is 8. The van der Waals surface area contributed by atoms with E-state index in [-0.39, 0.29) is 6.10 Å². The highest BCUT2D eigenvalue weighted by atomic mass is 16.5. The second kappa shape index (κ2) is 8.13. The highest BCUT2D eigenvalue weighted by Crippen LogP contribution is 2.07. The Balaban J connectivity index is 1.93. The number of benzene rings is 1. The molecule has 0 amide bonds. The third kappa shape index (κ3) is 6.43. The maximum atomic E-state index is 9.04. The SMILES string of the molecule is CC(O)CCNCCCOc1ccccc1. The van der Waals surface area contributed by atoms with Gasteiger partial charge in [-0.1, -0.05) is 18.2 Å². The molecule has 0 saturated carbocycles. The van der Waals surface area contributed by atoms with Gasteiger partial charge >= 0.3 is 0 Å². The van der Waals surface area contributed by atoms with Crippen LogP contribution in [0.5, 0.6) is 5.75 Å². The summed E-state index contributed by atoms with van der Waals surface area (Å²) in [5.41, 5.74) is 0. The summed E-state index contributed by atoms with van der Waals surface area (Å²) < 4.78 is 5.54. The molecule has 90 valence electrons. The van der Waals surface area contributed by atoms with Gasteiger partial charge in [0.1, 0.15) is 5.75 Å². The van der Waals surface area contributed by atoms with Crippen LogP contribution in [-0.2, 0) is 0 Å². The first-order valence-corrected chi connectivity index (χ1v) is 5.85. The fourth-order valence-corrected chi connectivity index (χ4v) is 1.34. The second-order valence-electron chi connectivity index (χ2n) is 3.90. The summed E-state index contributed by atoms with van der Waals surface area (Å²) in [6.45, 7) is 4.33. The Morgan fingerprint density at radius 2 is 2.00 bits per heavy atom. The van der Waals surface area contributed by atoms with E-state index in [4.69, 9.17) is 9.84 Å². The normalized spacial score (nSPS) is 12.4. The van der Waals surface area contributed by atoms with Crippen LogP contribution in [-0.4, -0.2) is 30.9 Å². The molecule has 16 heavy (non-hydrogen) atoms. The molecule has 0 fully saturated rings. The molecule has 1 unspecified atom stereocenters. The van der Waals surface area contributed by atoms with Gasteiger partial charge < -0.3 is 15.2 Å². The summed E-state index contributed by atoms with van der Waals surface area (Å²) in [6.07, 6.45) is 1.57. The molecule has 1 atom stereocenters. The van der Waals surface area contributed by atoms with Crippen LogP contribution >= 0.6 is 0 Å². The fourth-order valence-electron chi connectivity index (χ4n) is 1.34. The maximum Gasteiger partial charge on any atom is 0.119 e. The lowest BCUT2D eigenvalue weighted by Crippen LogP contribution is -2.21. The number of para-hydroxylation sites is 1. The lowest BCUT2D eigenvalue weighted by Gasteiger charge is -2.07. The number of nitrogens with one attached hydrogen (secondary N) is 1. The Morgan fingerprint density at radius 3 is 2.69 bits per heavy atom. The highest BCUT2D eigenvalue weighted by Gasteiger charge is 1.95. The summed E-state index contributed by atoms with van der Waals surface area (Å²) in [6, 6.07) is 9.83. The van der Waals surface area contributed by atoms with Gasteiger partial charge in [-0.2, -0.15) is 0 Å². The first-order chi connectivity index (χ1) is 7.79. The maximum absolute atomic E-state index is 9.04. The van der Waals surface area contributed by atoms with Crippen molar-refractivity contribution < 1.29 is 9.84 Å². The van der Waals surface area contributed by atoms with Crippen molar-refractivity contribution >= 4 is 0 Å². The summed E-state index contributed by atoms with van der Waals surface area (Å²) in [5.74, 6) is 0.923. The molecule has 1 rings (SSSR count). The summed E-state index contributed by atoms with van der Waals surface area (Å²) in [7, 11) is 0. The van der Waals surface area contributed by atoms with E-state index in [0.29, 0.717) is 0 Å². The molecule has 0 saturated heterocycles. The lowest BCUT2D eigenvalue weighted by molar-refractivity contribution is 0.183. The summed E-state index contributed by atoms with van der Waals surface area (Å²) >= 11 is 0. The van der Waals surface area contributed by atoms with Crippen molar-refractivity contribution in [1.29, 1.82) is 0 Å². The molecule has 0 heterocycles. The number of hydrogen-bond donors (Lipinski definition) is 2. The Morgan fingerprint density at radius 1 is 1.25 bits per heavy atom. The summed E-state index contributed by atoms with van der Waals surface area (Å²) in [5, 5.41) is 12.3. The van der Waals surface area contributed by atoms with Gasteiger partial charge in [-0.15, -0.1) is 0 Å². The van der Waals surface area contributed by atoms with Gasteiger partial charge in [-0.3, -0.25) is 0 Å². The molecule has 0 aliphatic carbocycles. The Kier molecular flexibility index (Phi) is 6.61. The predicted molar refractivity (Wildman–Crippen MR) is 65.7 cm³/mol.